The highest BCUT2D eigenvalue weighted by molar-refractivity contribution is 7.09. The molecule has 0 aliphatic carbocycles. The average molecular weight is 531 g/mol. The normalized spacial score (nSPS) is 10.8. The number of urea groups is 1. The van der Waals surface area contributed by atoms with Gasteiger partial charge in [0, 0.05) is 35.7 Å². The number of amides is 3. The van der Waals surface area contributed by atoms with Gasteiger partial charge < -0.3 is 24.6 Å². The van der Waals surface area contributed by atoms with E-state index in [1.807, 2.05) is 32.0 Å². The number of methoxy groups -OCH3 is 2. The highest BCUT2D eigenvalue weighted by Crippen LogP contribution is 2.28. The third-order valence-electron chi connectivity index (χ3n) is 5.57. The van der Waals surface area contributed by atoms with Crippen molar-refractivity contribution in [3.05, 3.63) is 69.1 Å². The Morgan fingerprint density at radius 3 is 2.53 bits per heavy atom. The van der Waals surface area contributed by atoms with Crippen LogP contribution in [0.3, 0.4) is 0 Å². The number of nitrogens with zero attached hydrogens (tertiary/aromatic N) is 3. The Morgan fingerprint density at radius 1 is 1.11 bits per heavy atom. The molecule has 0 aliphatic heterocycles. The maximum atomic E-state index is 12.9. The Morgan fingerprint density at radius 2 is 1.86 bits per heavy atom. The zero-order valence-electron chi connectivity index (χ0n) is 21.1. The van der Waals surface area contributed by atoms with E-state index < -0.39 is 0 Å². The topological polar surface area (TPSA) is 84.0 Å². The minimum Gasteiger partial charge on any atom is -0.493 e. The zero-order valence-corrected chi connectivity index (χ0v) is 22.7. The first-order valence-electron chi connectivity index (χ1n) is 11.5. The van der Waals surface area contributed by atoms with Gasteiger partial charge in [0.05, 0.1) is 20.8 Å². The lowest BCUT2D eigenvalue weighted by Gasteiger charge is -2.26. The molecule has 0 saturated heterocycles. The van der Waals surface area contributed by atoms with Gasteiger partial charge in [0.2, 0.25) is 0 Å². The second kappa shape index (κ2) is 12.6. The summed E-state index contributed by atoms with van der Waals surface area (Å²) in [4.78, 5) is 33.6. The van der Waals surface area contributed by atoms with Gasteiger partial charge in [-0.25, -0.2) is 9.78 Å². The predicted octanol–water partition coefficient (Wildman–Crippen LogP) is 5.57. The summed E-state index contributed by atoms with van der Waals surface area (Å²) in [5.41, 5.74) is 2.01. The number of carbonyl (C=O) groups is 2. The summed E-state index contributed by atoms with van der Waals surface area (Å²) >= 11 is 7.38. The SMILES string of the molecule is COc1ccc(CCN(C)C(=O)c2csc(CN(C(=O)Nc3cccc(Cl)c3)C(C)C)n2)cc1OC. The van der Waals surface area contributed by atoms with Crippen molar-refractivity contribution >= 4 is 40.6 Å². The fraction of sp³-hybridized carbons (Fsp3) is 0.346. The van der Waals surface area contributed by atoms with E-state index in [9.17, 15) is 9.59 Å². The van der Waals surface area contributed by atoms with Crippen molar-refractivity contribution in [2.75, 3.05) is 33.1 Å². The molecule has 8 nitrogen and oxygen atoms in total. The van der Waals surface area contributed by atoms with E-state index in [0.29, 0.717) is 45.9 Å². The number of nitrogens with one attached hydrogen (secondary N) is 1. The Kier molecular flexibility index (Phi) is 9.55. The number of likely N-dealkylation sites (N-methyl/N-ethyl adjacent to an activating group) is 1. The van der Waals surface area contributed by atoms with Crippen LogP contribution in [0.15, 0.2) is 47.8 Å². The smallest absolute Gasteiger partial charge is 0.322 e. The molecule has 3 aromatic rings. The Balaban J connectivity index is 1.60. The molecule has 3 rings (SSSR count). The molecular formula is C26H31ClN4O4S. The van der Waals surface area contributed by atoms with Crippen molar-refractivity contribution in [3.8, 4) is 11.5 Å². The lowest BCUT2D eigenvalue weighted by molar-refractivity contribution is 0.0791. The highest BCUT2D eigenvalue weighted by Gasteiger charge is 2.21. The molecule has 1 aromatic heterocycles. The van der Waals surface area contributed by atoms with Gasteiger partial charge in [-0.05, 0) is 56.2 Å². The van der Waals surface area contributed by atoms with Crippen LogP contribution in [-0.2, 0) is 13.0 Å². The molecule has 2 aromatic carbocycles. The van der Waals surface area contributed by atoms with Gasteiger partial charge >= 0.3 is 6.03 Å². The summed E-state index contributed by atoms with van der Waals surface area (Å²) < 4.78 is 10.6. The number of ether oxygens (including phenoxy) is 2. The lowest BCUT2D eigenvalue weighted by atomic mass is 10.1. The van der Waals surface area contributed by atoms with E-state index >= 15 is 0 Å². The largest absolute Gasteiger partial charge is 0.493 e. The standard InChI is InChI=1S/C26H31ClN4O4S/c1-17(2)31(26(33)28-20-8-6-7-19(27)14-20)15-24-29-21(16-36-24)25(32)30(3)12-11-18-9-10-22(34-4)23(13-18)35-5/h6-10,13-14,16-17H,11-12,15H2,1-5H3,(H,28,33). The number of carbonyl (C=O) groups excluding carboxylic acids is 2. The molecule has 36 heavy (non-hydrogen) atoms. The van der Waals surface area contributed by atoms with Crippen molar-refractivity contribution in [2.45, 2.75) is 32.9 Å². The molecule has 0 radical (unpaired) electrons. The maximum absolute atomic E-state index is 12.9. The van der Waals surface area contributed by atoms with Gasteiger partial charge in [-0.3, -0.25) is 4.79 Å². The zero-order chi connectivity index (χ0) is 26.2. The molecule has 0 aliphatic rings. The maximum Gasteiger partial charge on any atom is 0.322 e. The van der Waals surface area contributed by atoms with Gasteiger partial charge in [-0.2, -0.15) is 0 Å². The second-order valence-electron chi connectivity index (χ2n) is 8.45. The first-order valence-corrected chi connectivity index (χ1v) is 12.7. The van der Waals surface area contributed by atoms with Gasteiger partial charge in [0.25, 0.3) is 5.91 Å². The molecule has 3 amide bonds. The quantitative estimate of drug-likeness (QED) is 0.370. The van der Waals surface area contributed by atoms with Crippen molar-refractivity contribution in [1.29, 1.82) is 0 Å². The van der Waals surface area contributed by atoms with Crippen molar-refractivity contribution in [2.24, 2.45) is 0 Å². The molecule has 1 N–H and O–H groups in total. The van der Waals surface area contributed by atoms with Gasteiger partial charge in [-0.15, -0.1) is 11.3 Å². The average Bonchev–Trinajstić information content (AvgIpc) is 3.33. The van der Waals surface area contributed by atoms with Crippen LogP contribution < -0.4 is 14.8 Å². The number of hydrogen-bond acceptors (Lipinski definition) is 6. The number of anilines is 1. The van der Waals surface area contributed by atoms with Gasteiger partial charge in [0.1, 0.15) is 10.7 Å². The monoisotopic (exact) mass is 530 g/mol. The van der Waals surface area contributed by atoms with Crippen LogP contribution in [0, 0.1) is 0 Å². The third-order valence-corrected chi connectivity index (χ3v) is 6.64. The van der Waals surface area contributed by atoms with Gasteiger partial charge in [0.15, 0.2) is 11.5 Å². The number of thiazole rings is 1. The number of benzene rings is 2. The van der Waals surface area contributed by atoms with Crippen molar-refractivity contribution < 1.29 is 19.1 Å². The van der Waals surface area contributed by atoms with E-state index in [1.165, 1.54) is 11.3 Å². The molecule has 1 heterocycles. The van der Waals surface area contributed by atoms with E-state index in [4.69, 9.17) is 21.1 Å². The van der Waals surface area contributed by atoms with Crippen LogP contribution in [0.4, 0.5) is 10.5 Å². The van der Waals surface area contributed by atoms with Crippen LogP contribution in [0.2, 0.25) is 5.02 Å². The fourth-order valence-corrected chi connectivity index (χ4v) is 4.46. The Hall–Kier alpha value is -3.30. The van der Waals surface area contributed by atoms with E-state index in [2.05, 4.69) is 10.3 Å². The summed E-state index contributed by atoms with van der Waals surface area (Å²) in [6, 6.07) is 12.4. The molecule has 10 heteroatoms. The number of hydrogen-bond donors (Lipinski definition) is 1. The molecule has 0 saturated carbocycles. The van der Waals surface area contributed by atoms with Crippen LogP contribution in [0.5, 0.6) is 11.5 Å². The third kappa shape index (κ3) is 7.11. The molecule has 192 valence electrons. The minimum absolute atomic E-state index is 0.0728. The first kappa shape index (κ1) is 27.3. The molecule has 0 bridgehead atoms. The molecule has 0 spiro atoms. The summed E-state index contributed by atoms with van der Waals surface area (Å²) in [5, 5.41) is 5.83. The summed E-state index contributed by atoms with van der Waals surface area (Å²) in [5.74, 6) is 1.15. The number of aromatic nitrogens is 1. The molecule has 0 fully saturated rings. The van der Waals surface area contributed by atoms with Crippen LogP contribution >= 0.6 is 22.9 Å². The van der Waals surface area contributed by atoms with Gasteiger partial charge in [-0.1, -0.05) is 23.7 Å². The van der Waals surface area contributed by atoms with Crippen LogP contribution in [0.1, 0.15) is 34.9 Å². The lowest BCUT2D eigenvalue weighted by Crippen LogP contribution is -2.39. The minimum atomic E-state index is -0.262. The van der Waals surface area contributed by atoms with Crippen LogP contribution in [-0.4, -0.2) is 60.6 Å². The highest BCUT2D eigenvalue weighted by atomic mass is 35.5. The number of rotatable bonds is 10. The Bertz CT molecular complexity index is 1200. The van der Waals surface area contributed by atoms with Crippen molar-refractivity contribution in [1.82, 2.24) is 14.8 Å². The predicted molar refractivity (Wildman–Crippen MR) is 143 cm³/mol. The van der Waals surface area contributed by atoms with E-state index in [-0.39, 0.29) is 24.5 Å². The van der Waals surface area contributed by atoms with E-state index in [0.717, 1.165) is 5.56 Å². The molecular weight excluding hydrogens is 500 g/mol. The van der Waals surface area contributed by atoms with E-state index in [1.54, 1.807) is 60.7 Å². The summed E-state index contributed by atoms with van der Waals surface area (Å²) in [7, 11) is 4.94. The summed E-state index contributed by atoms with van der Waals surface area (Å²) in [6.45, 7) is 4.66. The summed E-state index contributed by atoms with van der Waals surface area (Å²) in [6.07, 6.45) is 0.657. The van der Waals surface area contributed by atoms with Crippen LogP contribution in [0.25, 0.3) is 0 Å². The second-order valence-corrected chi connectivity index (χ2v) is 9.83. The molecule has 0 atom stereocenters. The van der Waals surface area contributed by atoms with Crippen molar-refractivity contribution in [3.63, 3.8) is 0 Å². The Labute approximate surface area is 220 Å². The first-order chi connectivity index (χ1) is 17.2. The fourth-order valence-electron chi connectivity index (χ4n) is 3.51. The molecule has 0 unspecified atom stereocenters. The number of halogens is 1.